The van der Waals surface area contributed by atoms with Crippen LogP contribution in [0.25, 0.3) is 0 Å². The van der Waals surface area contributed by atoms with Crippen LogP contribution in [0.2, 0.25) is 0 Å². The van der Waals surface area contributed by atoms with E-state index < -0.39 is 0 Å². The zero-order valence-electron chi connectivity index (χ0n) is 13.8. The number of rotatable bonds is 6. The van der Waals surface area contributed by atoms with Crippen molar-refractivity contribution in [2.75, 3.05) is 33.4 Å². The molecule has 2 unspecified atom stereocenters. The van der Waals surface area contributed by atoms with Gasteiger partial charge in [-0.3, -0.25) is 4.90 Å². The molecule has 1 saturated heterocycles. The van der Waals surface area contributed by atoms with E-state index in [0.29, 0.717) is 11.5 Å². The van der Waals surface area contributed by atoms with Crippen LogP contribution in [0.15, 0.2) is 0 Å². The highest BCUT2D eigenvalue weighted by atomic mass is 16.5. The Morgan fingerprint density at radius 2 is 2.00 bits per heavy atom. The van der Waals surface area contributed by atoms with Crippen molar-refractivity contribution in [3.05, 3.63) is 0 Å². The summed E-state index contributed by atoms with van der Waals surface area (Å²) < 4.78 is 5.34. The molecule has 2 atom stereocenters. The monoisotopic (exact) mass is 282 g/mol. The van der Waals surface area contributed by atoms with Gasteiger partial charge in [0, 0.05) is 32.3 Å². The highest BCUT2D eigenvalue weighted by molar-refractivity contribution is 4.85. The molecule has 1 aliphatic carbocycles. The van der Waals surface area contributed by atoms with Gasteiger partial charge in [0.15, 0.2) is 0 Å². The molecule has 1 saturated carbocycles. The molecule has 118 valence electrons. The first-order valence-electron chi connectivity index (χ1n) is 8.57. The Morgan fingerprint density at radius 3 is 2.70 bits per heavy atom. The van der Waals surface area contributed by atoms with Crippen LogP contribution in [0.5, 0.6) is 0 Å². The minimum Gasteiger partial charge on any atom is -0.383 e. The molecule has 0 amide bonds. The van der Waals surface area contributed by atoms with Gasteiger partial charge in [-0.15, -0.1) is 0 Å². The van der Waals surface area contributed by atoms with Crippen molar-refractivity contribution in [3.8, 4) is 0 Å². The molecular formula is C17H34N2O. The van der Waals surface area contributed by atoms with Gasteiger partial charge in [0.2, 0.25) is 0 Å². The summed E-state index contributed by atoms with van der Waals surface area (Å²) in [7, 11) is 1.82. The van der Waals surface area contributed by atoms with Crippen LogP contribution in [0, 0.1) is 5.41 Å². The largest absolute Gasteiger partial charge is 0.383 e. The van der Waals surface area contributed by atoms with E-state index >= 15 is 0 Å². The van der Waals surface area contributed by atoms with Crippen molar-refractivity contribution in [2.24, 2.45) is 5.41 Å². The van der Waals surface area contributed by atoms with Crippen molar-refractivity contribution >= 4 is 0 Å². The molecule has 20 heavy (non-hydrogen) atoms. The lowest BCUT2D eigenvalue weighted by atomic mass is 9.85. The van der Waals surface area contributed by atoms with Gasteiger partial charge in [-0.2, -0.15) is 0 Å². The lowest BCUT2D eigenvalue weighted by molar-refractivity contribution is 0.104. The minimum atomic E-state index is 0.549. The molecule has 1 N–H and O–H groups in total. The first-order chi connectivity index (χ1) is 9.61. The van der Waals surface area contributed by atoms with Crippen LogP contribution in [-0.2, 0) is 4.74 Å². The number of hydrogen-bond donors (Lipinski definition) is 1. The fourth-order valence-electron chi connectivity index (χ4n) is 3.84. The molecule has 0 spiro atoms. The zero-order chi connectivity index (χ0) is 14.4. The first kappa shape index (κ1) is 16.3. The van der Waals surface area contributed by atoms with Gasteiger partial charge < -0.3 is 10.1 Å². The normalized spacial score (nSPS) is 30.6. The highest BCUT2D eigenvalue weighted by Crippen LogP contribution is 2.35. The molecular weight excluding hydrogens is 248 g/mol. The Bertz CT molecular complexity index is 274. The second kappa shape index (κ2) is 7.77. The summed E-state index contributed by atoms with van der Waals surface area (Å²) in [6.45, 7) is 9.27. The molecule has 3 heteroatoms. The van der Waals surface area contributed by atoms with Gasteiger partial charge in [0.1, 0.15) is 0 Å². The predicted octanol–water partition coefficient (Wildman–Crippen LogP) is 3.05. The fraction of sp³-hybridized carbons (Fsp3) is 1.00. The summed E-state index contributed by atoms with van der Waals surface area (Å²) >= 11 is 0. The molecule has 3 nitrogen and oxygen atoms in total. The Morgan fingerprint density at radius 1 is 1.15 bits per heavy atom. The summed E-state index contributed by atoms with van der Waals surface area (Å²) in [6.07, 6.45) is 9.59. The maximum atomic E-state index is 5.34. The number of nitrogens with zero attached hydrogens (tertiary/aromatic N) is 1. The van der Waals surface area contributed by atoms with E-state index in [4.69, 9.17) is 4.74 Å². The van der Waals surface area contributed by atoms with E-state index in [9.17, 15) is 0 Å². The quantitative estimate of drug-likeness (QED) is 0.758. The van der Waals surface area contributed by atoms with Crippen LogP contribution >= 0.6 is 0 Å². The predicted molar refractivity (Wildman–Crippen MR) is 85.1 cm³/mol. The summed E-state index contributed by atoms with van der Waals surface area (Å²) in [6, 6.07) is 1.48. The van der Waals surface area contributed by atoms with Crippen LogP contribution in [0.4, 0.5) is 0 Å². The topological polar surface area (TPSA) is 24.5 Å². The summed E-state index contributed by atoms with van der Waals surface area (Å²) in [5, 5.41) is 3.65. The molecule has 2 fully saturated rings. The number of nitrogens with one attached hydrogen (secondary N) is 1. The van der Waals surface area contributed by atoms with E-state index in [2.05, 4.69) is 24.1 Å². The van der Waals surface area contributed by atoms with E-state index in [1.807, 2.05) is 7.11 Å². The number of methoxy groups -OCH3 is 1. The Hall–Kier alpha value is -0.120. The molecule has 2 rings (SSSR count). The Balaban J connectivity index is 1.90. The Kier molecular flexibility index (Phi) is 6.31. The molecule has 0 radical (unpaired) electrons. The maximum absolute atomic E-state index is 5.34. The van der Waals surface area contributed by atoms with Gasteiger partial charge in [-0.25, -0.2) is 0 Å². The summed E-state index contributed by atoms with van der Waals surface area (Å²) in [5.41, 5.74) is 0.549. The third-order valence-corrected chi connectivity index (χ3v) is 5.26. The van der Waals surface area contributed by atoms with Crippen molar-refractivity contribution < 1.29 is 4.74 Å². The molecule has 2 aliphatic rings. The summed E-state index contributed by atoms with van der Waals surface area (Å²) in [5.74, 6) is 0. The molecule has 0 aromatic carbocycles. The average Bonchev–Trinajstić information content (AvgIpc) is 2.85. The van der Waals surface area contributed by atoms with Crippen LogP contribution in [-0.4, -0.2) is 50.3 Å². The number of ether oxygens (including phenoxy) is 1. The van der Waals surface area contributed by atoms with Gasteiger partial charge >= 0.3 is 0 Å². The van der Waals surface area contributed by atoms with Gasteiger partial charge in [-0.05, 0) is 50.5 Å². The molecule has 0 aromatic heterocycles. The second-order valence-electron chi connectivity index (χ2n) is 7.53. The molecule has 1 aliphatic heterocycles. The zero-order valence-corrected chi connectivity index (χ0v) is 13.8. The lowest BCUT2D eigenvalue weighted by Gasteiger charge is -2.33. The van der Waals surface area contributed by atoms with E-state index in [1.165, 1.54) is 58.0 Å². The molecule has 0 bridgehead atoms. The Labute approximate surface area is 125 Å². The van der Waals surface area contributed by atoms with Crippen molar-refractivity contribution in [2.45, 2.75) is 70.9 Å². The van der Waals surface area contributed by atoms with E-state index in [-0.39, 0.29) is 0 Å². The second-order valence-corrected chi connectivity index (χ2v) is 7.53. The highest BCUT2D eigenvalue weighted by Gasteiger charge is 2.29. The number of hydrogen-bond acceptors (Lipinski definition) is 3. The van der Waals surface area contributed by atoms with Gasteiger partial charge in [0.25, 0.3) is 0 Å². The van der Waals surface area contributed by atoms with Gasteiger partial charge in [0.05, 0.1) is 6.61 Å². The summed E-state index contributed by atoms with van der Waals surface area (Å²) in [4.78, 5) is 2.72. The van der Waals surface area contributed by atoms with Crippen LogP contribution in [0.3, 0.4) is 0 Å². The average molecular weight is 282 g/mol. The van der Waals surface area contributed by atoms with Crippen LogP contribution in [0.1, 0.15) is 58.8 Å². The van der Waals surface area contributed by atoms with Crippen molar-refractivity contribution in [1.29, 1.82) is 0 Å². The third-order valence-electron chi connectivity index (χ3n) is 5.26. The van der Waals surface area contributed by atoms with E-state index in [1.54, 1.807) is 0 Å². The third kappa shape index (κ3) is 5.01. The van der Waals surface area contributed by atoms with Crippen molar-refractivity contribution in [3.63, 3.8) is 0 Å². The molecule has 0 aromatic rings. The SMILES string of the molecule is COCCN(CC1CCCN1)C1CCCC(C)(C)CC1. The van der Waals surface area contributed by atoms with Gasteiger partial charge in [-0.1, -0.05) is 20.3 Å². The standard InChI is InChI=1S/C17H34N2O/c1-17(2)9-4-7-16(8-10-17)19(12-13-20-3)14-15-6-5-11-18-15/h15-16,18H,4-14H2,1-3H3. The van der Waals surface area contributed by atoms with E-state index in [0.717, 1.165) is 19.2 Å². The first-order valence-corrected chi connectivity index (χ1v) is 8.57. The fourth-order valence-corrected chi connectivity index (χ4v) is 3.84. The molecule has 1 heterocycles. The van der Waals surface area contributed by atoms with Crippen molar-refractivity contribution in [1.82, 2.24) is 10.2 Å². The van der Waals surface area contributed by atoms with Crippen LogP contribution < -0.4 is 5.32 Å². The minimum absolute atomic E-state index is 0.549. The maximum Gasteiger partial charge on any atom is 0.0589 e. The smallest absolute Gasteiger partial charge is 0.0589 e. The lowest BCUT2D eigenvalue weighted by Crippen LogP contribution is -2.44.